The van der Waals surface area contributed by atoms with Gasteiger partial charge in [0, 0.05) is 49.0 Å². The van der Waals surface area contributed by atoms with Crippen molar-refractivity contribution in [1.82, 2.24) is 4.57 Å². The number of non-ortho nitro benzene ring substituents is 1. The number of halogens is 2. The Kier molecular flexibility index (Phi) is 7.53. The maximum absolute atomic E-state index is 14.6. The molecule has 0 fully saturated rings. The van der Waals surface area contributed by atoms with Crippen molar-refractivity contribution in [1.29, 1.82) is 0 Å². The third kappa shape index (κ3) is 5.52. The third-order valence-electron chi connectivity index (χ3n) is 6.92. The van der Waals surface area contributed by atoms with Gasteiger partial charge in [0.1, 0.15) is 17.2 Å². The van der Waals surface area contributed by atoms with Crippen LogP contribution < -0.4 is 9.04 Å². The number of nitrogens with zero attached hydrogens (tertiary/aromatic N) is 3. The molecule has 0 unspecified atom stereocenters. The number of hydrogen-bond acceptors (Lipinski definition) is 5. The molecular formula is C29H26Br2N3O6S+. The standard InChI is InChI=1S/C29H25Br2N3O6S/c1-40-24-5-3-4-22(16-24)33(41(2,38,39)25-10-8-21(9-11-25)34(36)37)18-23(35)17-32-28-12-6-19(30)14-26(28)27-15-20(31)7-13-29(27)32/h3-16H,17-18H2,1-2H3,(H,38,39)/p+1. The zero-order valence-electron chi connectivity index (χ0n) is 22.0. The molecule has 0 atom stereocenters. The van der Waals surface area contributed by atoms with Crippen LogP contribution in [0.25, 0.3) is 21.8 Å². The predicted octanol–water partition coefficient (Wildman–Crippen LogP) is 6.38. The summed E-state index contributed by atoms with van der Waals surface area (Å²) in [5, 5.41) is 13.1. The van der Waals surface area contributed by atoms with Crippen LogP contribution in [0, 0.1) is 10.1 Å². The normalized spacial score (nSPS) is 12.7. The second kappa shape index (κ2) is 10.7. The number of benzene rings is 4. The van der Waals surface area contributed by atoms with Gasteiger partial charge in [-0.1, -0.05) is 37.9 Å². The van der Waals surface area contributed by atoms with Gasteiger partial charge in [0.05, 0.1) is 30.5 Å². The average Bonchev–Trinajstić information content (AvgIpc) is 3.22. The van der Waals surface area contributed by atoms with Crippen molar-refractivity contribution in [2.45, 2.75) is 11.4 Å². The summed E-state index contributed by atoms with van der Waals surface area (Å²) in [7, 11) is -3.21. The largest absolute Gasteiger partial charge is 0.497 e. The molecule has 0 bridgehead atoms. The smallest absolute Gasteiger partial charge is 0.269 e. The van der Waals surface area contributed by atoms with E-state index in [0.29, 0.717) is 11.4 Å². The van der Waals surface area contributed by atoms with Crippen molar-refractivity contribution in [3.63, 3.8) is 0 Å². The molecule has 5 aromatic rings. The first-order valence-electron chi connectivity index (χ1n) is 12.3. The van der Waals surface area contributed by atoms with E-state index in [9.17, 15) is 23.7 Å². The van der Waals surface area contributed by atoms with Crippen LogP contribution in [0.4, 0.5) is 11.4 Å². The molecular weight excluding hydrogens is 678 g/mol. The lowest BCUT2D eigenvalue weighted by atomic mass is 10.2. The number of methoxy groups -OCH3 is 1. The van der Waals surface area contributed by atoms with E-state index in [4.69, 9.17) is 4.74 Å². The summed E-state index contributed by atoms with van der Waals surface area (Å²) >= 11 is 7.07. The van der Waals surface area contributed by atoms with E-state index in [-0.39, 0.29) is 29.5 Å². The molecule has 5 rings (SSSR count). The first-order valence-corrected chi connectivity index (χ1v) is 16.2. The van der Waals surface area contributed by atoms with Gasteiger partial charge >= 0.3 is 0 Å². The molecule has 12 heteroatoms. The summed E-state index contributed by atoms with van der Waals surface area (Å²) in [4.78, 5) is 24.5. The average molecular weight is 704 g/mol. The summed E-state index contributed by atoms with van der Waals surface area (Å²) in [6.45, 7) is -0.392. The van der Waals surface area contributed by atoms with Crippen molar-refractivity contribution in [2.75, 3.05) is 24.2 Å². The van der Waals surface area contributed by atoms with Gasteiger partial charge in [-0.25, -0.2) is 4.31 Å². The lowest BCUT2D eigenvalue weighted by molar-refractivity contribution is -0.384. The zero-order valence-corrected chi connectivity index (χ0v) is 26.0. The van der Waals surface area contributed by atoms with E-state index in [2.05, 4.69) is 31.9 Å². The van der Waals surface area contributed by atoms with Crippen LogP contribution in [0.1, 0.15) is 0 Å². The van der Waals surface area contributed by atoms with Gasteiger partial charge in [0.2, 0.25) is 0 Å². The number of Topliss-reactive ketones (excluding diaryl/α,β-unsaturated/α-hetero) is 1. The second-order valence-corrected chi connectivity index (χ2v) is 15.0. The number of nitro benzene ring substituents is 1. The molecule has 4 aromatic carbocycles. The maximum Gasteiger partial charge on any atom is 0.269 e. The van der Waals surface area contributed by atoms with Crippen LogP contribution in [0.3, 0.4) is 0 Å². The summed E-state index contributed by atoms with van der Waals surface area (Å²) in [6.07, 6.45) is 1.25. The van der Waals surface area contributed by atoms with Crippen LogP contribution in [0.5, 0.6) is 5.75 Å². The molecule has 0 aliphatic rings. The number of anilines is 1. The predicted molar refractivity (Wildman–Crippen MR) is 169 cm³/mol. The monoisotopic (exact) mass is 702 g/mol. The molecule has 41 heavy (non-hydrogen) atoms. The Labute approximate surface area is 252 Å². The lowest BCUT2D eigenvalue weighted by Crippen LogP contribution is -2.52. The highest BCUT2D eigenvalue weighted by atomic mass is 79.9. The Morgan fingerprint density at radius 3 is 2.10 bits per heavy atom. The molecule has 9 nitrogen and oxygen atoms in total. The summed E-state index contributed by atoms with van der Waals surface area (Å²) in [6, 6.07) is 23.4. The van der Waals surface area contributed by atoms with Gasteiger partial charge in [-0.2, -0.15) is 0 Å². The first kappa shape index (κ1) is 28.9. The van der Waals surface area contributed by atoms with Crippen LogP contribution in [-0.4, -0.2) is 43.9 Å². The number of aromatic nitrogens is 1. The minimum absolute atomic E-state index is 0.0348. The van der Waals surface area contributed by atoms with E-state index in [1.165, 1.54) is 41.9 Å². The van der Waals surface area contributed by atoms with Gasteiger partial charge in [0.15, 0.2) is 5.78 Å². The summed E-state index contributed by atoms with van der Waals surface area (Å²) in [5.74, 6) is 0.178. The lowest BCUT2D eigenvalue weighted by Gasteiger charge is -2.46. The number of carbonyl (C=O) groups excluding carboxylic acids is 1. The molecule has 1 heterocycles. The molecule has 0 aliphatic heterocycles. The highest BCUT2D eigenvalue weighted by molar-refractivity contribution is 9.10. The first-order chi connectivity index (χ1) is 19.4. The topological polar surface area (TPSA) is 118 Å². The Bertz CT molecular complexity index is 1840. The van der Waals surface area contributed by atoms with Gasteiger partial charge in [-0.15, -0.1) is 4.21 Å². The number of hydrogen-bond donors (Lipinski definition) is 0. The molecule has 0 amide bonds. The van der Waals surface area contributed by atoms with Gasteiger partial charge in [0.25, 0.3) is 5.69 Å². The molecule has 0 radical (unpaired) electrons. The summed E-state index contributed by atoms with van der Waals surface area (Å²) in [5.41, 5.74) is 1.88. The minimum Gasteiger partial charge on any atom is -0.497 e. The number of nitro groups is 1. The van der Waals surface area contributed by atoms with Crippen molar-refractivity contribution in [3.8, 4) is 5.75 Å². The molecule has 2 N–H and O–H groups in total. The van der Waals surface area contributed by atoms with E-state index in [1.807, 2.05) is 41.0 Å². The SMILES string of the molecule is COc1cccc(N(CC(=O)Cn2c3ccc(Br)cc3c3cc(Br)ccc32)S(C)(=O)([OH2+])c2ccc([N+](=O)[O-])cc2)c1. The fourth-order valence-corrected chi connectivity index (χ4v) is 7.72. The molecule has 0 saturated carbocycles. The number of rotatable bonds is 9. The number of ether oxygens (including phenoxy) is 1. The number of fused-ring (bicyclic) bond motifs is 3. The number of ketones is 1. The number of carbonyl (C=O) groups is 1. The van der Waals surface area contributed by atoms with Crippen LogP contribution in [0.2, 0.25) is 0 Å². The zero-order chi connectivity index (χ0) is 29.6. The second-order valence-electron chi connectivity index (χ2n) is 9.72. The Hall–Kier alpha value is -3.58. The van der Waals surface area contributed by atoms with Crippen molar-refractivity contribution < 1.29 is 23.2 Å². The van der Waals surface area contributed by atoms with E-state index in [1.54, 1.807) is 24.3 Å². The Morgan fingerprint density at radius 1 is 0.976 bits per heavy atom. The summed E-state index contributed by atoms with van der Waals surface area (Å²) < 4.78 is 34.2. The Balaban J connectivity index is 1.59. The fourth-order valence-electron chi connectivity index (χ4n) is 4.89. The molecule has 1 aromatic heterocycles. The molecule has 0 aliphatic carbocycles. The quantitative estimate of drug-likeness (QED) is 0.100. The fraction of sp³-hybridized carbons (Fsp3) is 0.138. The van der Waals surface area contributed by atoms with Crippen LogP contribution in [0.15, 0.2) is 98.8 Å². The van der Waals surface area contributed by atoms with Crippen LogP contribution >= 0.6 is 31.9 Å². The van der Waals surface area contributed by atoms with Crippen molar-refractivity contribution >= 4 is 80.4 Å². The molecule has 0 spiro atoms. The van der Waals surface area contributed by atoms with Gasteiger partial charge in [-0.05, 0) is 70.2 Å². The highest BCUT2D eigenvalue weighted by Crippen LogP contribution is 2.39. The highest BCUT2D eigenvalue weighted by Gasteiger charge is 2.38. The van der Waals surface area contributed by atoms with Gasteiger partial charge in [-0.3, -0.25) is 14.9 Å². The van der Waals surface area contributed by atoms with Gasteiger partial charge < -0.3 is 13.9 Å². The molecule has 0 saturated heterocycles. The maximum atomic E-state index is 14.6. The van der Waals surface area contributed by atoms with E-state index in [0.717, 1.165) is 30.8 Å². The van der Waals surface area contributed by atoms with Crippen LogP contribution in [-0.2, 0) is 20.9 Å². The van der Waals surface area contributed by atoms with Crippen molar-refractivity contribution in [3.05, 3.63) is 104 Å². The minimum atomic E-state index is -4.70. The molecule has 212 valence electrons. The Morgan fingerprint density at radius 2 is 1.56 bits per heavy atom. The van der Waals surface area contributed by atoms with E-state index >= 15 is 0 Å². The van der Waals surface area contributed by atoms with E-state index < -0.39 is 14.5 Å². The van der Waals surface area contributed by atoms with Crippen molar-refractivity contribution in [2.24, 2.45) is 0 Å². The third-order valence-corrected chi connectivity index (χ3v) is 10.7.